The lowest BCUT2D eigenvalue weighted by atomic mass is 10.4. The SMILES string of the molecule is Nc1nccnc1-c1nc(C2CSCCS2)no1. The van der Waals surface area contributed by atoms with E-state index in [2.05, 4.69) is 20.1 Å². The molecule has 0 radical (unpaired) electrons. The highest BCUT2D eigenvalue weighted by molar-refractivity contribution is 8.06. The van der Waals surface area contributed by atoms with E-state index in [0.717, 1.165) is 11.5 Å². The second-order valence-electron chi connectivity index (χ2n) is 3.68. The average molecular weight is 281 g/mol. The summed E-state index contributed by atoms with van der Waals surface area (Å²) in [6.45, 7) is 0. The number of nitrogen functional groups attached to an aromatic ring is 1. The number of aromatic nitrogens is 4. The third-order valence-electron chi connectivity index (χ3n) is 2.47. The fourth-order valence-electron chi connectivity index (χ4n) is 1.61. The lowest BCUT2D eigenvalue weighted by Gasteiger charge is -2.16. The van der Waals surface area contributed by atoms with E-state index in [1.54, 1.807) is 6.20 Å². The van der Waals surface area contributed by atoms with Crippen molar-refractivity contribution in [1.82, 2.24) is 20.1 Å². The van der Waals surface area contributed by atoms with Crippen molar-refractivity contribution in [3.8, 4) is 11.6 Å². The minimum absolute atomic E-state index is 0.291. The van der Waals surface area contributed by atoms with Crippen molar-refractivity contribution in [3.63, 3.8) is 0 Å². The van der Waals surface area contributed by atoms with Gasteiger partial charge in [0.1, 0.15) is 0 Å². The molecule has 0 saturated carbocycles. The van der Waals surface area contributed by atoms with E-state index < -0.39 is 0 Å². The van der Waals surface area contributed by atoms with Gasteiger partial charge in [0.05, 0.1) is 5.25 Å². The first-order chi connectivity index (χ1) is 8.84. The molecule has 0 spiro atoms. The highest BCUT2D eigenvalue weighted by Gasteiger charge is 2.23. The Balaban J connectivity index is 1.87. The summed E-state index contributed by atoms with van der Waals surface area (Å²) in [6, 6.07) is 0. The zero-order valence-electron chi connectivity index (χ0n) is 9.44. The molecule has 0 bridgehead atoms. The molecule has 2 aromatic heterocycles. The van der Waals surface area contributed by atoms with Crippen LogP contribution in [0.3, 0.4) is 0 Å². The van der Waals surface area contributed by atoms with Crippen LogP contribution in [0, 0.1) is 0 Å². The minimum Gasteiger partial charge on any atom is -0.382 e. The highest BCUT2D eigenvalue weighted by Crippen LogP contribution is 2.35. The quantitative estimate of drug-likeness (QED) is 0.888. The maximum Gasteiger partial charge on any atom is 0.280 e. The van der Waals surface area contributed by atoms with Gasteiger partial charge in [0.2, 0.25) is 0 Å². The van der Waals surface area contributed by atoms with Crippen molar-refractivity contribution in [1.29, 1.82) is 0 Å². The van der Waals surface area contributed by atoms with Gasteiger partial charge in [0, 0.05) is 29.7 Å². The van der Waals surface area contributed by atoms with Crippen LogP contribution in [0.2, 0.25) is 0 Å². The summed E-state index contributed by atoms with van der Waals surface area (Å²) in [5.74, 6) is 4.67. The van der Waals surface area contributed by atoms with Crippen molar-refractivity contribution in [3.05, 3.63) is 18.2 Å². The first kappa shape index (κ1) is 11.8. The first-order valence-electron chi connectivity index (χ1n) is 5.44. The lowest BCUT2D eigenvalue weighted by Crippen LogP contribution is -2.08. The van der Waals surface area contributed by atoms with Gasteiger partial charge in [-0.2, -0.15) is 16.7 Å². The summed E-state index contributed by atoms with van der Waals surface area (Å²) in [5, 5.41) is 4.30. The summed E-state index contributed by atoms with van der Waals surface area (Å²) < 4.78 is 5.22. The van der Waals surface area contributed by atoms with Gasteiger partial charge in [0.15, 0.2) is 17.3 Å². The molecule has 6 nitrogen and oxygen atoms in total. The van der Waals surface area contributed by atoms with Crippen molar-refractivity contribution in [2.45, 2.75) is 5.25 Å². The fraction of sp³-hybridized carbons (Fsp3) is 0.400. The van der Waals surface area contributed by atoms with Gasteiger partial charge in [-0.05, 0) is 0 Å². The number of hydrogen-bond donors (Lipinski definition) is 1. The summed E-state index contributed by atoms with van der Waals surface area (Å²) in [4.78, 5) is 12.4. The monoisotopic (exact) mass is 281 g/mol. The molecule has 1 saturated heterocycles. The Bertz CT molecular complexity index is 541. The number of nitrogens with two attached hydrogens (primary N) is 1. The van der Waals surface area contributed by atoms with E-state index in [1.807, 2.05) is 23.5 Å². The fourth-order valence-corrected chi connectivity index (χ4v) is 4.20. The van der Waals surface area contributed by atoms with Gasteiger partial charge in [-0.15, -0.1) is 11.8 Å². The third-order valence-corrected chi connectivity index (χ3v) is 5.23. The molecule has 0 aliphatic carbocycles. The standard InChI is InChI=1S/C10H11N5OS2/c11-8-7(12-1-2-13-8)10-14-9(15-16-10)6-5-17-3-4-18-6/h1-2,6H,3-5H2,(H2,11,13). The van der Waals surface area contributed by atoms with Gasteiger partial charge in [-0.1, -0.05) is 5.16 Å². The van der Waals surface area contributed by atoms with Gasteiger partial charge < -0.3 is 10.3 Å². The zero-order chi connectivity index (χ0) is 12.4. The lowest BCUT2D eigenvalue weighted by molar-refractivity contribution is 0.422. The molecule has 1 aliphatic rings. The van der Waals surface area contributed by atoms with Crippen molar-refractivity contribution < 1.29 is 4.52 Å². The maximum atomic E-state index is 5.73. The second kappa shape index (κ2) is 5.15. The summed E-state index contributed by atoms with van der Waals surface area (Å²) in [5.41, 5.74) is 6.18. The van der Waals surface area contributed by atoms with Crippen LogP contribution in [0.4, 0.5) is 5.82 Å². The Labute approximate surface area is 112 Å². The molecule has 1 aliphatic heterocycles. The smallest absolute Gasteiger partial charge is 0.280 e. The Kier molecular flexibility index (Phi) is 3.37. The van der Waals surface area contributed by atoms with Gasteiger partial charge >= 0.3 is 0 Å². The average Bonchev–Trinajstić information content (AvgIpc) is 2.90. The predicted octanol–water partition coefficient (Wildman–Crippen LogP) is 1.63. The molecule has 0 aromatic carbocycles. The van der Waals surface area contributed by atoms with Crippen LogP contribution in [-0.2, 0) is 0 Å². The minimum atomic E-state index is 0.291. The van der Waals surface area contributed by atoms with E-state index in [9.17, 15) is 0 Å². The van der Waals surface area contributed by atoms with Gasteiger partial charge in [-0.3, -0.25) is 0 Å². The van der Waals surface area contributed by atoms with E-state index in [4.69, 9.17) is 10.3 Å². The first-order valence-corrected chi connectivity index (χ1v) is 7.65. The molecule has 2 aromatic rings. The van der Waals surface area contributed by atoms with E-state index in [-0.39, 0.29) is 0 Å². The topological polar surface area (TPSA) is 90.7 Å². The Hall–Kier alpha value is -1.28. The summed E-state index contributed by atoms with van der Waals surface area (Å²) in [6.07, 6.45) is 3.09. The highest BCUT2D eigenvalue weighted by atomic mass is 32.2. The number of hydrogen-bond acceptors (Lipinski definition) is 8. The van der Waals surface area contributed by atoms with Crippen LogP contribution in [0.1, 0.15) is 11.1 Å². The van der Waals surface area contributed by atoms with E-state index in [1.165, 1.54) is 11.9 Å². The number of nitrogens with zero attached hydrogens (tertiary/aromatic N) is 4. The molecule has 8 heteroatoms. The number of anilines is 1. The molecule has 3 rings (SSSR count). The van der Waals surface area contributed by atoms with Crippen molar-refractivity contribution in [2.24, 2.45) is 0 Å². The predicted molar refractivity (Wildman–Crippen MR) is 72.3 cm³/mol. The molecule has 18 heavy (non-hydrogen) atoms. The van der Waals surface area contributed by atoms with E-state index in [0.29, 0.717) is 28.5 Å². The normalized spacial score (nSPS) is 19.9. The van der Waals surface area contributed by atoms with Crippen LogP contribution in [0.15, 0.2) is 16.9 Å². The number of rotatable bonds is 2. The molecular weight excluding hydrogens is 270 g/mol. The van der Waals surface area contributed by atoms with Crippen molar-refractivity contribution >= 4 is 29.3 Å². The third kappa shape index (κ3) is 2.30. The molecule has 3 heterocycles. The summed E-state index contributed by atoms with van der Waals surface area (Å²) >= 11 is 3.77. The van der Waals surface area contributed by atoms with Crippen LogP contribution in [0.25, 0.3) is 11.6 Å². The molecule has 1 atom stereocenters. The Morgan fingerprint density at radius 2 is 2.17 bits per heavy atom. The summed E-state index contributed by atoms with van der Waals surface area (Å²) in [7, 11) is 0. The van der Waals surface area contributed by atoms with E-state index >= 15 is 0 Å². The van der Waals surface area contributed by atoms with Crippen LogP contribution in [0.5, 0.6) is 0 Å². The largest absolute Gasteiger partial charge is 0.382 e. The van der Waals surface area contributed by atoms with Gasteiger partial charge in [0.25, 0.3) is 5.89 Å². The molecular formula is C10H11N5OS2. The maximum absolute atomic E-state index is 5.73. The van der Waals surface area contributed by atoms with Crippen LogP contribution >= 0.6 is 23.5 Å². The van der Waals surface area contributed by atoms with Crippen LogP contribution in [-0.4, -0.2) is 37.4 Å². The molecule has 0 amide bonds. The van der Waals surface area contributed by atoms with Gasteiger partial charge in [-0.25, -0.2) is 9.97 Å². The second-order valence-corrected chi connectivity index (χ2v) is 6.14. The zero-order valence-corrected chi connectivity index (χ0v) is 11.1. The Morgan fingerprint density at radius 1 is 1.28 bits per heavy atom. The van der Waals surface area contributed by atoms with Crippen molar-refractivity contribution in [2.75, 3.05) is 23.0 Å². The molecule has 1 unspecified atom stereocenters. The molecule has 94 valence electrons. The van der Waals surface area contributed by atoms with Crippen LogP contribution < -0.4 is 5.73 Å². The molecule has 1 fully saturated rings. The Morgan fingerprint density at radius 3 is 2.94 bits per heavy atom. The number of thioether (sulfide) groups is 2. The molecule has 2 N–H and O–H groups in total.